The average molecular weight is 280 g/mol. The van der Waals surface area contributed by atoms with Gasteiger partial charge >= 0.3 is 0 Å². The Morgan fingerprint density at radius 2 is 1.95 bits per heavy atom. The van der Waals surface area contributed by atoms with E-state index in [0.717, 1.165) is 12.3 Å². The molecule has 0 spiro atoms. The zero-order valence-corrected chi connectivity index (χ0v) is 14.1. The fraction of sp³-hybridized carbons (Fsp3) is 0.800. The first-order chi connectivity index (χ1) is 8.88. The molecule has 0 aromatic carbocycles. The summed E-state index contributed by atoms with van der Waals surface area (Å²) in [6.45, 7) is 13.0. The van der Waals surface area contributed by atoms with Crippen molar-refractivity contribution in [2.75, 3.05) is 6.61 Å². The zero-order valence-electron chi connectivity index (χ0n) is 13.1. The average Bonchev–Trinajstić information content (AvgIpc) is 2.48. The van der Waals surface area contributed by atoms with E-state index in [1.54, 1.807) is 0 Å². The Morgan fingerprint density at radius 3 is 2.47 bits per heavy atom. The molecule has 1 aliphatic rings. The van der Waals surface area contributed by atoms with E-state index in [1.165, 1.54) is 36.8 Å². The molecular weight excluding hydrogens is 252 g/mol. The van der Waals surface area contributed by atoms with Crippen LogP contribution in [0, 0.1) is 13.8 Å². The van der Waals surface area contributed by atoms with Crippen LogP contribution in [0.5, 0.6) is 0 Å². The molecule has 0 saturated heterocycles. The molecule has 1 aromatic heterocycles. The highest BCUT2D eigenvalue weighted by molar-refractivity contribution is 6.76. The maximum absolute atomic E-state index is 5.91. The Morgan fingerprint density at radius 1 is 1.26 bits per heavy atom. The van der Waals surface area contributed by atoms with Crippen molar-refractivity contribution >= 4 is 8.07 Å². The maximum atomic E-state index is 5.91. The quantitative estimate of drug-likeness (QED) is 0.580. The van der Waals surface area contributed by atoms with E-state index in [2.05, 4.69) is 38.1 Å². The van der Waals surface area contributed by atoms with Crippen molar-refractivity contribution in [3.05, 3.63) is 17.2 Å². The van der Waals surface area contributed by atoms with E-state index in [0.29, 0.717) is 12.6 Å². The largest absolute Gasteiger partial charge is 0.361 e. The van der Waals surface area contributed by atoms with Crippen LogP contribution in [0.25, 0.3) is 0 Å². The van der Waals surface area contributed by atoms with Gasteiger partial charge in [-0.15, -0.1) is 0 Å². The molecule has 0 N–H and O–H groups in total. The number of rotatable bonds is 6. The van der Waals surface area contributed by atoms with Crippen LogP contribution in [-0.2, 0) is 11.5 Å². The van der Waals surface area contributed by atoms with Crippen molar-refractivity contribution in [1.29, 1.82) is 0 Å². The van der Waals surface area contributed by atoms with E-state index >= 15 is 0 Å². The summed E-state index contributed by atoms with van der Waals surface area (Å²) in [4.78, 5) is 4.75. The second-order valence-corrected chi connectivity index (χ2v) is 12.7. The maximum Gasteiger partial charge on any atom is 0.124 e. The Bertz CT molecular complexity index is 430. The Labute approximate surface area is 118 Å². The van der Waals surface area contributed by atoms with E-state index < -0.39 is 8.07 Å². The van der Waals surface area contributed by atoms with Gasteiger partial charge in [-0.25, -0.2) is 4.98 Å². The zero-order chi connectivity index (χ0) is 14.0. The molecule has 0 atom stereocenters. The highest BCUT2D eigenvalue weighted by Crippen LogP contribution is 2.36. The van der Waals surface area contributed by atoms with Gasteiger partial charge < -0.3 is 9.30 Å². The molecule has 1 aromatic rings. The molecule has 0 aliphatic heterocycles. The molecule has 1 saturated carbocycles. The van der Waals surface area contributed by atoms with Crippen molar-refractivity contribution in [3.63, 3.8) is 0 Å². The fourth-order valence-electron chi connectivity index (χ4n) is 2.36. The van der Waals surface area contributed by atoms with E-state index in [-0.39, 0.29) is 0 Å². The number of aryl methyl sites for hydroxylation is 1. The third-order valence-electron chi connectivity index (χ3n) is 4.17. The number of nitrogens with zero attached hydrogens (tertiary/aromatic N) is 2. The van der Waals surface area contributed by atoms with E-state index in [9.17, 15) is 0 Å². The van der Waals surface area contributed by atoms with Crippen LogP contribution < -0.4 is 0 Å². The SMILES string of the molecule is Cc1nc(C2CCC2)n(COCC[Si](C)(C)C)c1C. The Hall–Kier alpha value is -0.613. The molecule has 0 bridgehead atoms. The van der Waals surface area contributed by atoms with Crippen molar-refractivity contribution in [2.24, 2.45) is 0 Å². The molecule has 108 valence electrons. The summed E-state index contributed by atoms with van der Waals surface area (Å²) in [5, 5.41) is 0. The summed E-state index contributed by atoms with van der Waals surface area (Å²) in [6.07, 6.45) is 3.95. The van der Waals surface area contributed by atoms with Crippen LogP contribution >= 0.6 is 0 Å². The second kappa shape index (κ2) is 5.79. The predicted octanol–water partition coefficient (Wildman–Crippen LogP) is 4.08. The molecule has 3 nitrogen and oxygen atoms in total. The monoisotopic (exact) mass is 280 g/mol. The van der Waals surface area contributed by atoms with Gasteiger partial charge in [0.1, 0.15) is 12.6 Å². The first-order valence-electron chi connectivity index (χ1n) is 7.50. The van der Waals surface area contributed by atoms with Gasteiger partial charge in [0.15, 0.2) is 0 Å². The third-order valence-corrected chi connectivity index (χ3v) is 5.88. The lowest BCUT2D eigenvalue weighted by atomic mass is 9.85. The van der Waals surface area contributed by atoms with Gasteiger partial charge in [0.05, 0.1) is 5.69 Å². The van der Waals surface area contributed by atoms with Crippen LogP contribution in [0.4, 0.5) is 0 Å². The summed E-state index contributed by atoms with van der Waals surface area (Å²) in [5.74, 6) is 1.93. The number of hydrogen-bond donors (Lipinski definition) is 0. The minimum absolute atomic E-state index is 0.674. The smallest absolute Gasteiger partial charge is 0.124 e. The molecule has 0 amide bonds. The molecule has 1 aliphatic carbocycles. The predicted molar refractivity (Wildman–Crippen MR) is 82.4 cm³/mol. The van der Waals surface area contributed by atoms with Crippen LogP contribution in [0.15, 0.2) is 0 Å². The molecule has 2 rings (SSSR count). The van der Waals surface area contributed by atoms with Gasteiger partial charge in [-0.05, 0) is 32.7 Å². The summed E-state index contributed by atoms with van der Waals surface area (Å²) in [5.41, 5.74) is 2.44. The van der Waals surface area contributed by atoms with Crippen molar-refractivity contribution in [1.82, 2.24) is 9.55 Å². The minimum atomic E-state index is -0.985. The van der Waals surface area contributed by atoms with Crippen LogP contribution in [-0.4, -0.2) is 24.2 Å². The highest BCUT2D eigenvalue weighted by atomic mass is 28.3. The lowest BCUT2D eigenvalue weighted by Gasteiger charge is -2.26. The van der Waals surface area contributed by atoms with Gasteiger partial charge in [-0.1, -0.05) is 26.1 Å². The Balaban J connectivity index is 1.95. The van der Waals surface area contributed by atoms with Crippen molar-refractivity contribution in [2.45, 2.75) is 71.4 Å². The molecule has 1 heterocycles. The summed E-state index contributed by atoms with van der Waals surface area (Å²) in [6, 6.07) is 1.23. The van der Waals surface area contributed by atoms with Crippen LogP contribution in [0.1, 0.15) is 42.4 Å². The lowest BCUT2D eigenvalue weighted by Crippen LogP contribution is -2.23. The van der Waals surface area contributed by atoms with Gasteiger partial charge in [-0.2, -0.15) is 0 Å². The minimum Gasteiger partial charge on any atom is -0.361 e. The van der Waals surface area contributed by atoms with E-state index in [4.69, 9.17) is 9.72 Å². The van der Waals surface area contributed by atoms with Gasteiger partial charge in [-0.3, -0.25) is 0 Å². The number of aromatic nitrogens is 2. The summed E-state index contributed by atoms with van der Waals surface area (Å²) in [7, 11) is -0.985. The van der Waals surface area contributed by atoms with E-state index in [1.807, 2.05) is 0 Å². The number of hydrogen-bond acceptors (Lipinski definition) is 2. The van der Waals surface area contributed by atoms with Crippen LogP contribution in [0.3, 0.4) is 0 Å². The first kappa shape index (κ1) is 14.8. The topological polar surface area (TPSA) is 27.1 Å². The van der Waals surface area contributed by atoms with Crippen LogP contribution in [0.2, 0.25) is 25.7 Å². The second-order valence-electron chi connectivity index (χ2n) is 7.04. The molecule has 0 unspecified atom stereocenters. The molecule has 4 heteroatoms. The summed E-state index contributed by atoms with van der Waals surface area (Å²) < 4.78 is 8.20. The first-order valence-corrected chi connectivity index (χ1v) is 11.2. The van der Waals surface area contributed by atoms with Crippen molar-refractivity contribution in [3.8, 4) is 0 Å². The van der Waals surface area contributed by atoms with Gasteiger partial charge in [0, 0.05) is 26.3 Å². The summed E-state index contributed by atoms with van der Waals surface area (Å²) >= 11 is 0. The molecule has 1 fully saturated rings. The van der Waals surface area contributed by atoms with Gasteiger partial charge in [0.25, 0.3) is 0 Å². The lowest BCUT2D eigenvalue weighted by molar-refractivity contribution is 0.0817. The third kappa shape index (κ3) is 3.69. The number of imidazole rings is 1. The molecular formula is C15H28N2OSi. The van der Waals surface area contributed by atoms with Crippen molar-refractivity contribution < 1.29 is 4.74 Å². The normalized spacial score (nSPS) is 16.7. The van der Waals surface area contributed by atoms with Gasteiger partial charge in [0.2, 0.25) is 0 Å². The highest BCUT2D eigenvalue weighted by Gasteiger charge is 2.26. The molecule has 19 heavy (non-hydrogen) atoms. The molecule has 0 radical (unpaired) electrons. The Kier molecular flexibility index (Phi) is 4.51. The fourth-order valence-corrected chi connectivity index (χ4v) is 3.11. The standard InChI is InChI=1S/C15H28N2OSi/c1-12-13(2)17(11-18-9-10-19(3,4)5)15(16-12)14-7-6-8-14/h14H,6-11H2,1-5H3. The number of ether oxygens (including phenoxy) is 1.